The molecule has 2 aromatic carbocycles. The van der Waals surface area contributed by atoms with Crippen LogP contribution in [0.2, 0.25) is 0 Å². The SMILES string of the molecule is COc1ccc(-c2noc(CN3CCC(C(=O)NCc4ccc(Cn5ccnc5C)cc4)CC3)n2)cc1OC. The van der Waals surface area contributed by atoms with Gasteiger partial charge >= 0.3 is 0 Å². The molecular formula is C29H34N6O4. The van der Waals surface area contributed by atoms with Gasteiger partial charge in [0.05, 0.1) is 20.8 Å². The number of carbonyl (C=O) groups is 1. The van der Waals surface area contributed by atoms with Gasteiger partial charge in [0, 0.05) is 37.0 Å². The van der Waals surface area contributed by atoms with Crippen LogP contribution < -0.4 is 14.8 Å². The molecule has 0 aliphatic carbocycles. The highest BCUT2D eigenvalue weighted by molar-refractivity contribution is 5.78. The molecule has 1 amide bonds. The molecule has 1 aliphatic rings. The van der Waals surface area contributed by atoms with E-state index in [-0.39, 0.29) is 11.8 Å². The van der Waals surface area contributed by atoms with Gasteiger partial charge in [-0.05, 0) is 62.2 Å². The number of benzene rings is 2. The molecule has 39 heavy (non-hydrogen) atoms. The maximum atomic E-state index is 12.8. The van der Waals surface area contributed by atoms with Crippen LogP contribution in [0.25, 0.3) is 11.4 Å². The van der Waals surface area contributed by atoms with Crippen LogP contribution in [0, 0.1) is 12.8 Å². The number of amides is 1. The first-order valence-electron chi connectivity index (χ1n) is 13.1. The van der Waals surface area contributed by atoms with Gasteiger partial charge < -0.3 is 23.9 Å². The van der Waals surface area contributed by atoms with Crippen LogP contribution in [0.4, 0.5) is 0 Å². The third kappa shape index (κ3) is 6.46. The van der Waals surface area contributed by atoms with E-state index in [0.29, 0.717) is 36.3 Å². The van der Waals surface area contributed by atoms with E-state index in [1.807, 2.05) is 37.5 Å². The molecule has 0 radical (unpaired) electrons. The van der Waals surface area contributed by atoms with Crippen molar-refractivity contribution in [3.05, 3.63) is 77.7 Å². The van der Waals surface area contributed by atoms with Crippen LogP contribution in [-0.2, 0) is 24.4 Å². The van der Waals surface area contributed by atoms with E-state index >= 15 is 0 Å². The van der Waals surface area contributed by atoms with Crippen molar-refractivity contribution < 1.29 is 18.8 Å². The number of hydrogen-bond donors (Lipinski definition) is 1. The zero-order valence-electron chi connectivity index (χ0n) is 22.6. The molecule has 0 bridgehead atoms. The highest BCUT2D eigenvalue weighted by Crippen LogP contribution is 2.31. The number of nitrogens with zero attached hydrogens (tertiary/aromatic N) is 5. The Morgan fingerprint density at radius 3 is 2.46 bits per heavy atom. The van der Waals surface area contributed by atoms with E-state index in [2.05, 4.69) is 54.2 Å². The molecule has 10 heteroatoms. The molecule has 3 heterocycles. The molecule has 204 valence electrons. The van der Waals surface area contributed by atoms with E-state index < -0.39 is 0 Å². The van der Waals surface area contributed by atoms with Gasteiger partial charge in [0.1, 0.15) is 5.82 Å². The zero-order chi connectivity index (χ0) is 27.2. The fraction of sp³-hybridized carbons (Fsp3) is 0.379. The van der Waals surface area contributed by atoms with Gasteiger partial charge in [-0.1, -0.05) is 29.4 Å². The van der Waals surface area contributed by atoms with Crippen molar-refractivity contribution in [2.45, 2.75) is 39.4 Å². The molecule has 4 aromatic rings. The number of rotatable bonds is 10. The second kappa shape index (κ2) is 12.1. The fourth-order valence-electron chi connectivity index (χ4n) is 4.82. The number of carbonyl (C=O) groups excluding carboxylic acids is 1. The number of nitrogens with one attached hydrogen (secondary N) is 1. The van der Waals surface area contributed by atoms with Crippen molar-refractivity contribution >= 4 is 5.91 Å². The molecule has 1 fully saturated rings. The molecule has 0 unspecified atom stereocenters. The lowest BCUT2D eigenvalue weighted by molar-refractivity contribution is -0.126. The predicted octanol–water partition coefficient (Wildman–Crippen LogP) is 3.84. The largest absolute Gasteiger partial charge is 0.493 e. The van der Waals surface area contributed by atoms with Crippen LogP contribution in [0.3, 0.4) is 0 Å². The van der Waals surface area contributed by atoms with Gasteiger partial charge in [-0.3, -0.25) is 9.69 Å². The number of piperidine rings is 1. The number of hydrogen-bond acceptors (Lipinski definition) is 8. The third-order valence-corrected chi connectivity index (χ3v) is 7.19. The summed E-state index contributed by atoms with van der Waals surface area (Å²) in [4.78, 5) is 23.9. The minimum atomic E-state index is 0.00903. The molecular weight excluding hydrogens is 496 g/mol. The molecule has 1 aliphatic heterocycles. The maximum absolute atomic E-state index is 12.8. The van der Waals surface area contributed by atoms with Crippen molar-refractivity contribution in [1.82, 2.24) is 29.9 Å². The Balaban J connectivity index is 1.07. The molecule has 0 atom stereocenters. The summed E-state index contributed by atoms with van der Waals surface area (Å²) in [5, 5.41) is 7.24. The van der Waals surface area contributed by atoms with Gasteiger partial charge in [-0.25, -0.2) is 4.98 Å². The van der Waals surface area contributed by atoms with Crippen LogP contribution in [-0.4, -0.2) is 57.8 Å². The Labute approximate surface area is 227 Å². The van der Waals surface area contributed by atoms with Gasteiger partial charge in [0.2, 0.25) is 17.6 Å². The number of imidazole rings is 1. The van der Waals surface area contributed by atoms with Crippen LogP contribution in [0.1, 0.15) is 35.7 Å². The summed E-state index contributed by atoms with van der Waals surface area (Å²) in [6.45, 7) is 5.47. The zero-order valence-corrected chi connectivity index (χ0v) is 22.6. The molecule has 10 nitrogen and oxygen atoms in total. The summed E-state index contributed by atoms with van der Waals surface area (Å²) in [6.07, 6.45) is 5.39. The van der Waals surface area contributed by atoms with E-state index in [1.165, 1.54) is 5.56 Å². The lowest BCUT2D eigenvalue weighted by Gasteiger charge is -2.30. The van der Waals surface area contributed by atoms with Crippen molar-refractivity contribution in [1.29, 1.82) is 0 Å². The normalized spacial score (nSPS) is 14.3. The standard InChI is InChI=1S/C29H34N6O4/c1-20-30-12-15-35(20)18-22-6-4-21(5-7-22)17-31-29(36)23-10-13-34(14-11-23)19-27-32-28(33-39-27)24-8-9-25(37-2)26(16-24)38-3/h4-9,12,15-16,23H,10-11,13-14,17-19H2,1-3H3,(H,31,36). The van der Waals surface area contributed by atoms with Crippen molar-refractivity contribution in [3.8, 4) is 22.9 Å². The smallest absolute Gasteiger partial charge is 0.241 e. The van der Waals surface area contributed by atoms with Gasteiger partial charge in [-0.15, -0.1) is 0 Å². The van der Waals surface area contributed by atoms with Gasteiger partial charge in [-0.2, -0.15) is 4.98 Å². The highest BCUT2D eigenvalue weighted by atomic mass is 16.5. The topological polar surface area (TPSA) is 108 Å². The van der Waals surface area contributed by atoms with Gasteiger partial charge in [0.25, 0.3) is 0 Å². The average molecular weight is 531 g/mol. The summed E-state index contributed by atoms with van der Waals surface area (Å²) in [7, 11) is 3.19. The Morgan fingerprint density at radius 1 is 1.03 bits per heavy atom. The number of aryl methyl sites for hydroxylation is 1. The fourth-order valence-corrected chi connectivity index (χ4v) is 4.82. The summed E-state index contributed by atoms with van der Waals surface area (Å²) in [5.41, 5.74) is 3.09. The summed E-state index contributed by atoms with van der Waals surface area (Å²) in [5.74, 6) is 3.43. The van der Waals surface area contributed by atoms with Gasteiger partial charge in [0.15, 0.2) is 11.5 Å². The first-order chi connectivity index (χ1) is 19.0. The highest BCUT2D eigenvalue weighted by Gasteiger charge is 2.26. The number of likely N-dealkylation sites (tertiary alicyclic amines) is 1. The quantitative estimate of drug-likeness (QED) is 0.330. The van der Waals surface area contributed by atoms with Crippen LogP contribution >= 0.6 is 0 Å². The number of ether oxygens (including phenoxy) is 2. The number of aromatic nitrogens is 4. The molecule has 0 spiro atoms. The van der Waals surface area contributed by atoms with E-state index in [1.54, 1.807) is 14.2 Å². The maximum Gasteiger partial charge on any atom is 0.241 e. The molecule has 1 N–H and O–H groups in total. The first-order valence-corrected chi connectivity index (χ1v) is 13.1. The Bertz CT molecular complexity index is 1390. The van der Waals surface area contributed by atoms with E-state index in [9.17, 15) is 4.79 Å². The summed E-state index contributed by atoms with van der Waals surface area (Å²) >= 11 is 0. The summed E-state index contributed by atoms with van der Waals surface area (Å²) < 4.78 is 18.3. The van der Waals surface area contributed by atoms with Crippen LogP contribution in [0.15, 0.2) is 59.4 Å². The predicted molar refractivity (Wildman–Crippen MR) is 145 cm³/mol. The van der Waals surface area contributed by atoms with E-state index in [0.717, 1.165) is 49.4 Å². The Morgan fingerprint density at radius 2 is 1.77 bits per heavy atom. The van der Waals surface area contributed by atoms with Crippen molar-refractivity contribution in [3.63, 3.8) is 0 Å². The average Bonchev–Trinajstić information content (AvgIpc) is 3.61. The first kappa shape index (κ1) is 26.4. The Hall–Kier alpha value is -4.18. The molecule has 2 aromatic heterocycles. The summed E-state index contributed by atoms with van der Waals surface area (Å²) in [6, 6.07) is 13.9. The second-order valence-corrected chi connectivity index (χ2v) is 9.77. The van der Waals surface area contributed by atoms with Crippen LogP contribution in [0.5, 0.6) is 11.5 Å². The van der Waals surface area contributed by atoms with E-state index in [4.69, 9.17) is 14.0 Å². The Kier molecular flexibility index (Phi) is 8.21. The minimum absolute atomic E-state index is 0.00903. The molecule has 5 rings (SSSR count). The molecule has 1 saturated heterocycles. The monoisotopic (exact) mass is 530 g/mol. The van der Waals surface area contributed by atoms with Crippen molar-refractivity contribution in [2.75, 3.05) is 27.3 Å². The minimum Gasteiger partial charge on any atom is -0.493 e. The number of methoxy groups -OCH3 is 2. The lowest BCUT2D eigenvalue weighted by atomic mass is 9.96. The second-order valence-electron chi connectivity index (χ2n) is 9.77. The third-order valence-electron chi connectivity index (χ3n) is 7.19. The van der Waals surface area contributed by atoms with Crippen molar-refractivity contribution in [2.24, 2.45) is 5.92 Å². The lowest BCUT2D eigenvalue weighted by Crippen LogP contribution is -2.40. The molecule has 0 saturated carbocycles.